The van der Waals surface area contributed by atoms with E-state index in [1.54, 1.807) is 0 Å². The third-order valence-corrected chi connectivity index (χ3v) is 20.0. The number of carbonyl (C=O) groups is 1. The van der Waals surface area contributed by atoms with E-state index in [1.807, 2.05) is 21.6 Å². The van der Waals surface area contributed by atoms with Crippen LogP contribution in [0.1, 0.15) is 317 Å². The Morgan fingerprint density at radius 2 is 0.694 bits per heavy atom. The molecule has 1 aliphatic heterocycles. The lowest BCUT2D eigenvalue weighted by atomic mass is 10.1. The normalized spacial score (nSPS) is 15.1. The first-order chi connectivity index (χ1) is 41.7. The van der Waals surface area contributed by atoms with Gasteiger partial charge in [0.1, 0.15) is 6.61 Å². The molecule has 1 rings (SSSR count). The summed E-state index contributed by atoms with van der Waals surface area (Å²) >= 11 is 0. The Morgan fingerprint density at radius 1 is 0.388 bits per heavy atom. The van der Waals surface area contributed by atoms with Crippen LogP contribution in [0.3, 0.4) is 0 Å². The van der Waals surface area contributed by atoms with Gasteiger partial charge in [-0.2, -0.15) is 0 Å². The van der Waals surface area contributed by atoms with Gasteiger partial charge in [-0.15, -0.1) is 0 Å². The Labute approximate surface area is 536 Å². The van der Waals surface area contributed by atoms with Crippen LogP contribution in [-0.4, -0.2) is 167 Å². The molecule has 0 bridgehead atoms. The zero-order valence-electron chi connectivity index (χ0n) is 56.8. The zero-order valence-corrected chi connectivity index (χ0v) is 58.4. The number of hydrogen-bond donors (Lipinski definition) is 4. The molecule has 12 heteroatoms. The average molecular weight is 1240 g/mol. The molecule has 1 heterocycles. The Balaban J connectivity index is 2.37. The highest BCUT2D eigenvalue weighted by atomic mass is 33.1. The second kappa shape index (κ2) is 64.8. The predicted octanol–water partition coefficient (Wildman–Crippen LogP) is 18.3. The van der Waals surface area contributed by atoms with Crippen LogP contribution in [0.5, 0.6) is 0 Å². The fourth-order valence-electron chi connectivity index (χ4n) is 11.9. The van der Waals surface area contributed by atoms with E-state index in [4.69, 9.17) is 4.74 Å². The maximum atomic E-state index is 12.8. The number of unbranched alkanes of at least 4 members (excludes halogenated alkanes) is 32. The monoisotopic (exact) mass is 1240 g/mol. The molecule has 4 N–H and O–H groups in total. The van der Waals surface area contributed by atoms with Gasteiger partial charge >= 0.3 is 5.97 Å². The topological polar surface area (TPSA) is 120 Å². The van der Waals surface area contributed by atoms with Gasteiger partial charge in [0.15, 0.2) is 0 Å². The highest BCUT2D eigenvalue weighted by Crippen LogP contribution is 2.23. The molecular formula is C73H144N4O6S2. The summed E-state index contributed by atoms with van der Waals surface area (Å²) in [5.74, 6) is 2.14. The van der Waals surface area contributed by atoms with Gasteiger partial charge in [-0.3, -0.25) is 24.4 Å². The molecule has 10 nitrogen and oxygen atoms in total. The van der Waals surface area contributed by atoms with Gasteiger partial charge in [-0.1, -0.05) is 253 Å². The molecular weight excluding hydrogens is 1090 g/mol. The number of piperazine rings is 1. The van der Waals surface area contributed by atoms with E-state index in [1.165, 1.54) is 180 Å². The van der Waals surface area contributed by atoms with Crippen molar-refractivity contribution < 1.29 is 30.0 Å². The van der Waals surface area contributed by atoms with E-state index in [2.05, 4.69) is 71.6 Å². The maximum absolute atomic E-state index is 12.8. The molecule has 0 aliphatic carbocycles. The first-order valence-corrected chi connectivity index (χ1v) is 39.5. The Kier molecular flexibility index (Phi) is 62.8. The standard InChI is InChI=1S/C73H144N4O6S2/c1-5-9-13-17-21-23-25-27-29-31-33-35-39-43-51-69(78)65-76(66-70(79)52-44-40-36-34-32-30-28-26-24-22-18-14-10-6-2)54-46-45-53-73(82)83-62-60-74-56-58-75(59-57-74)61-64-85-84-63-48-47-55-77(67-71(80)49-41-37-19-15-11-7-3)68-72(81)50-42-38-20-16-12-8-4/h27-30,69-72,78-81H,5-26,31-68H2,1-4H3/b29-27-,30-28-. The van der Waals surface area contributed by atoms with Gasteiger partial charge in [0.25, 0.3) is 0 Å². The van der Waals surface area contributed by atoms with E-state index in [0.717, 1.165) is 167 Å². The molecule has 504 valence electrons. The second-order valence-electron chi connectivity index (χ2n) is 26.0. The molecule has 4 unspecified atom stereocenters. The van der Waals surface area contributed by atoms with E-state index in [9.17, 15) is 25.2 Å². The number of aliphatic hydroxyl groups excluding tert-OH is 4. The number of carbonyl (C=O) groups excluding carboxylic acids is 1. The molecule has 1 saturated heterocycles. The highest BCUT2D eigenvalue weighted by Gasteiger charge is 2.20. The smallest absolute Gasteiger partial charge is 0.305 e. The molecule has 0 radical (unpaired) electrons. The zero-order chi connectivity index (χ0) is 61.6. The summed E-state index contributed by atoms with van der Waals surface area (Å²) in [4.78, 5) is 22.5. The van der Waals surface area contributed by atoms with Crippen molar-refractivity contribution in [2.75, 3.05) is 96.6 Å². The van der Waals surface area contributed by atoms with Crippen molar-refractivity contribution in [1.29, 1.82) is 0 Å². The van der Waals surface area contributed by atoms with Crippen molar-refractivity contribution in [3.05, 3.63) is 24.3 Å². The molecule has 0 spiro atoms. The highest BCUT2D eigenvalue weighted by molar-refractivity contribution is 8.76. The van der Waals surface area contributed by atoms with Crippen LogP contribution < -0.4 is 0 Å². The summed E-state index contributed by atoms with van der Waals surface area (Å²) in [6.07, 6.45) is 60.9. The number of esters is 1. The lowest BCUT2D eigenvalue weighted by Gasteiger charge is -2.34. The number of hydrogen-bond acceptors (Lipinski definition) is 12. The summed E-state index contributed by atoms with van der Waals surface area (Å²) < 4.78 is 5.74. The summed E-state index contributed by atoms with van der Waals surface area (Å²) in [5, 5.41) is 44.2. The van der Waals surface area contributed by atoms with Gasteiger partial charge in [0, 0.05) is 83.4 Å². The molecule has 0 aromatic carbocycles. The van der Waals surface area contributed by atoms with Crippen molar-refractivity contribution >= 4 is 27.6 Å². The van der Waals surface area contributed by atoms with Crippen molar-refractivity contribution in [3.8, 4) is 0 Å². The molecule has 1 fully saturated rings. The summed E-state index contributed by atoms with van der Waals surface area (Å²) in [5.41, 5.74) is 0. The number of allylic oxidation sites excluding steroid dienone is 4. The quantitative estimate of drug-likeness (QED) is 0.0201. The third-order valence-electron chi connectivity index (χ3n) is 17.5. The molecule has 0 aromatic rings. The average Bonchev–Trinajstić information content (AvgIpc) is 3.55. The second-order valence-corrected chi connectivity index (χ2v) is 28.7. The SMILES string of the molecule is CCCCCCCC/C=C\CCCCCCC(O)CN(CCCCC(=O)OCCN1CCN(CCSSCCCCN(CC(O)CCCCCCCC)CC(O)CCCCCCCC)CC1)CC(O)CCCCCC/C=C\CCCCCCCC. The fourth-order valence-corrected chi connectivity index (χ4v) is 14.1. The van der Waals surface area contributed by atoms with E-state index < -0.39 is 12.2 Å². The van der Waals surface area contributed by atoms with Gasteiger partial charge < -0.3 is 25.2 Å². The summed E-state index contributed by atoms with van der Waals surface area (Å²) in [6, 6.07) is 0. The predicted molar refractivity (Wildman–Crippen MR) is 374 cm³/mol. The van der Waals surface area contributed by atoms with Crippen LogP contribution in [0, 0.1) is 0 Å². The first kappa shape index (κ1) is 82.3. The van der Waals surface area contributed by atoms with Crippen LogP contribution in [0.4, 0.5) is 0 Å². The molecule has 85 heavy (non-hydrogen) atoms. The third kappa shape index (κ3) is 58.2. The summed E-state index contributed by atoms with van der Waals surface area (Å²) in [7, 11) is 3.98. The van der Waals surface area contributed by atoms with Crippen LogP contribution >= 0.6 is 21.6 Å². The maximum Gasteiger partial charge on any atom is 0.305 e. The molecule has 4 atom stereocenters. The Morgan fingerprint density at radius 3 is 1.06 bits per heavy atom. The van der Waals surface area contributed by atoms with Crippen LogP contribution in [0.15, 0.2) is 24.3 Å². The number of ether oxygens (including phenoxy) is 1. The lowest BCUT2D eigenvalue weighted by molar-refractivity contribution is -0.144. The van der Waals surface area contributed by atoms with Gasteiger partial charge in [-0.05, 0) is 116 Å². The molecule has 1 aliphatic rings. The van der Waals surface area contributed by atoms with Crippen molar-refractivity contribution in [1.82, 2.24) is 19.6 Å². The van der Waals surface area contributed by atoms with Crippen LogP contribution in [0.25, 0.3) is 0 Å². The number of rotatable bonds is 67. The minimum Gasteiger partial charge on any atom is -0.464 e. The first-order valence-electron chi connectivity index (χ1n) is 37.0. The van der Waals surface area contributed by atoms with E-state index in [0.29, 0.717) is 39.2 Å². The van der Waals surface area contributed by atoms with Crippen LogP contribution in [0.2, 0.25) is 0 Å². The van der Waals surface area contributed by atoms with Crippen molar-refractivity contribution in [2.24, 2.45) is 0 Å². The van der Waals surface area contributed by atoms with Gasteiger partial charge in [0.2, 0.25) is 0 Å². The van der Waals surface area contributed by atoms with E-state index in [-0.39, 0.29) is 18.2 Å². The molecule has 0 saturated carbocycles. The molecule has 0 amide bonds. The Hall–Kier alpha value is -0.670. The van der Waals surface area contributed by atoms with Crippen LogP contribution in [-0.2, 0) is 9.53 Å². The lowest BCUT2D eigenvalue weighted by Crippen LogP contribution is -2.47. The fraction of sp³-hybridized carbons (Fsp3) is 0.932. The number of aliphatic hydroxyl groups is 4. The van der Waals surface area contributed by atoms with Crippen molar-refractivity contribution in [3.63, 3.8) is 0 Å². The van der Waals surface area contributed by atoms with Gasteiger partial charge in [0.05, 0.1) is 24.4 Å². The van der Waals surface area contributed by atoms with Gasteiger partial charge in [-0.25, -0.2) is 0 Å². The largest absolute Gasteiger partial charge is 0.464 e. The van der Waals surface area contributed by atoms with E-state index >= 15 is 0 Å². The Bertz CT molecular complexity index is 1350. The minimum atomic E-state index is -0.398. The van der Waals surface area contributed by atoms with Crippen molar-refractivity contribution in [2.45, 2.75) is 341 Å². The molecule has 0 aromatic heterocycles. The summed E-state index contributed by atoms with van der Waals surface area (Å²) in [6.45, 7) is 19.8. The number of nitrogens with zero attached hydrogens (tertiary/aromatic N) is 4. The minimum absolute atomic E-state index is 0.117.